The van der Waals surface area contributed by atoms with E-state index in [0.717, 1.165) is 51.6 Å². The normalized spacial score (nSPS) is 20.3. The molecule has 1 saturated heterocycles. The lowest BCUT2D eigenvalue weighted by molar-refractivity contribution is -0.137. The second-order valence-electron chi connectivity index (χ2n) is 6.75. The molecule has 0 aliphatic carbocycles. The zero-order chi connectivity index (χ0) is 16.9. The number of unbranched alkanes of at least 4 members (excludes halogenated alkanes) is 5. The van der Waals surface area contributed by atoms with Gasteiger partial charge in [0.25, 0.3) is 0 Å². The summed E-state index contributed by atoms with van der Waals surface area (Å²) in [6.45, 7) is 4.42. The highest BCUT2D eigenvalue weighted by atomic mass is 16.4. The van der Waals surface area contributed by atoms with Crippen LogP contribution < -0.4 is 0 Å². The van der Waals surface area contributed by atoms with E-state index >= 15 is 0 Å². The van der Waals surface area contributed by atoms with Gasteiger partial charge in [0, 0.05) is 12.5 Å². The van der Waals surface area contributed by atoms with Gasteiger partial charge in [-0.2, -0.15) is 0 Å². The summed E-state index contributed by atoms with van der Waals surface area (Å²) in [6, 6.07) is 0.481. The van der Waals surface area contributed by atoms with E-state index in [9.17, 15) is 9.90 Å². The molecule has 1 fully saturated rings. The van der Waals surface area contributed by atoms with Crippen LogP contribution in [0, 0.1) is 0 Å². The van der Waals surface area contributed by atoms with E-state index in [0.29, 0.717) is 12.5 Å². The Labute approximate surface area is 141 Å². The number of carboxylic acid groups (broad SMARTS) is 1. The van der Waals surface area contributed by atoms with Gasteiger partial charge in [-0.3, -0.25) is 9.69 Å². The summed E-state index contributed by atoms with van der Waals surface area (Å²) in [5, 5.41) is 18.6. The molecule has 4 nitrogen and oxygen atoms in total. The van der Waals surface area contributed by atoms with Crippen LogP contribution in [0.1, 0.15) is 77.6 Å². The van der Waals surface area contributed by atoms with Crippen molar-refractivity contribution in [2.24, 2.45) is 0 Å². The molecule has 0 radical (unpaired) electrons. The average molecular weight is 325 g/mol. The zero-order valence-corrected chi connectivity index (χ0v) is 14.8. The van der Waals surface area contributed by atoms with Crippen LogP contribution in [0.2, 0.25) is 0 Å². The quantitative estimate of drug-likeness (QED) is 0.397. The van der Waals surface area contributed by atoms with Crippen LogP contribution in [0.4, 0.5) is 0 Å². The van der Waals surface area contributed by atoms with Gasteiger partial charge in [0.05, 0.1) is 6.10 Å². The van der Waals surface area contributed by atoms with Crippen molar-refractivity contribution in [3.63, 3.8) is 0 Å². The molecule has 4 heteroatoms. The molecule has 1 aliphatic heterocycles. The number of likely N-dealkylation sites (tertiary alicyclic amines) is 1. The molecule has 1 heterocycles. The molecule has 0 bridgehead atoms. The van der Waals surface area contributed by atoms with Crippen LogP contribution in [-0.4, -0.2) is 46.3 Å². The van der Waals surface area contributed by atoms with Gasteiger partial charge in [0.2, 0.25) is 0 Å². The largest absolute Gasteiger partial charge is 0.481 e. The molecule has 2 atom stereocenters. The van der Waals surface area contributed by atoms with Gasteiger partial charge >= 0.3 is 5.97 Å². The first-order valence-corrected chi connectivity index (χ1v) is 9.45. The van der Waals surface area contributed by atoms with E-state index in [1.165, 1.54) is 25.7 Å². The van der Waals surface area contributed by atoms with Crippen molar-refractivity contribution in [3.05, 3.63) is 12.2 Å². The fourth-order valence-corrected chi connectivity index (χ4v) is 3.25. The first-order chi connectivity index (χ1) is 11.1. The summed E-state index contributed by atoms with van der Waals surface area (Å²) in [6.07, 6.45) is 15.1. The standard InChI is InChI=1S/C19H35NO3/c1-2-3-6-11-18(21)14-13-17-10-9-16-20(17)15-8-5-4-7-12-19(22)23/h13-14,17-18,21H,2-12,15-16H2,1H3,(H,22,23)/b14-13+. The van der Waals surface area contributed by atoms with E-state index in [-0.39, 0.29) is 6.10 Å². The third kappa shape index (κ3) is 9.77. The molecule has 2 N–H and O–H groups in total. The van der Waals surface area contributed by atoms with Gasteiger partial charge in [-0.1, -0.05) is 51.2 Å². The Morgan fingerprint density at radius 1 is 1.22 bits per heavy atom. The van der Waals surface area contributed by atoms with E-state index in [1.807, 2.05) is 6.08 Å². The van der Waals surface area contributed by atoms with E-state index < -0.39 is 5.97 Å². The third-order valence-corrected chi connectivity index (χ3v) is 4.66. The Kier molecular flexibility index (Phi) is 11.0. The zero-order valence-electron chi connectivity index (χ0n) is 14.8. The second-order valence-corrected chi connectivity index (χ2v) is 6.75. The smallest absolute Gasteiger partial charge is 0.303 e. The maximum absolute atomic E-state index is 10.5. The lowest BCUT2D eigenvalue weighted by Crippen LogP contribution is -2.29. The number of carboxylic acids is 1. The van der Waals surface area contributed by atoms with Crippen molar-refractivity contribution in [1.82, 2.24) is 4.90 Å². The summed E-state index contributed by atoms with van der Waals surface area (Å²) in [5.74, 6) is -0.688. The van der Waals surface area contributed by atoms with Gasteiger partial charge in [-0.15, -0.1) is 0 Å². The minimum Gasteiger partial charge on any atom is -0.481 e. The van der Waals surface area contributed by atoms with Gasteiger partial charge in [0.15, 0.2) is 0 Å². The molecule has 0 aromatic rings. The number of hydrogen-bond donors (Lipinski definition) is 2. The van der Waals surface area contributed by atoms with Gasteiger partial charge in [-0.05, 0) is 45.2 Å². The van der Waals surface area contributed by atoms with Crippen molar-refractivity contribution in [2.75, 3.05) is 13.1 Å². The number of rotatable bonds is 13. The fraction of sp³-hybridized carbons (Fsp3) is 0.842. The maximum Gasteiger partial charge on any atom is 0.303 e. The van der Waals surface area contributed by atoms with Gasteiger partial charge < -0.3 is 10.2 Å². The SMILES string of the molecule is CCCCCC(O)/C=C/C1CCCN1CCCCCCC(=O)O. The number of carbonyl (C=O) groups is 1. The van der Waals surface area contributed by atoms with Crippen molar-refractivity contribution in [2.45, 2.75) is 89.7 Å². The Hall–Kier alpha value is -0.870. The molecule has 0 aromatic carbocycles. The minimum absolute atomic E-state index is 0.292. The van der Waals surface area contributed by atoms with Crippen LogP contribution in [0.5, 0.6) is 0 Å². The van der Waals surface area contributed by atoms with E-state index in [1.54, 1.807) is 0 Å². The summed E-state index contributed by atoms with van der Waals surface area (Å²) in [5.41, 5.74) is 0. The molecule has 0 aromatic heterocycles. The van der Waals surface area contributed by atoms with Crippen molar-refractivity contribution < 1.29 is 15.0 Å². The first-order valence-electron chi connectivity index (χ1n) is 9.45. The molecule has 0 spiro atoms. The molecule has 134 valence electrons. The minimum atomic E-state index is -0.688. The second kappa shape index (κ2) is 12.5. The first kappa shape index (κ1) is 20.2. The molecule has 1 rings (SSSR count). The topological polar surface area (TPSA) is 60.8 Å². The maximum atomic E-state index is 10.5. The Morgan fingerprint density at radius 3 is 2.74 bits per heavy atom. The summed E-state index contributed by atoms with van der Waals surface area (Å²) in [7, 11) is 0. The number of nitrogens with zero attached hydrogens (tertiary/aromatic N) is 1. The lowest BCUT2D eigenvalue weighted by atomic mass is 10.1. The number of aliphatic hydroxyl groups is 1. The molecule has 2 unspecified atom stereocenters. The molecule has 1 aliphatic rings. The van der Waals surface area contributed by atoms with Crippen molar-refractivity contribution in [3.8, 4) is 0 Å². The third-order valence-electron chi connectivity index (χ3n) is 4.66. The number of hydrogen-bond acceptors (Lipinski definition) is 3. The molecule has 0 amide bonds. The van der Waals surface area contributed by atoms with Crippen LogP contribution in [0.3, 0.4) is 0 Å². The van der Waals surface area contributed by atoms with Crippen LogP contribution in [-0.2, 0) is 4.79 Å². The summed E-state index contributed by atoms with van der Waals surface area (Å²) < 4.78 is 0. The Morgan fingerprint density at radius 2 is 2.00 bits per heavy atom. The number of aliphatic carboxylic acids is 1. The van der Waals surface area contributed by atoms with Crippen LogP contribution in [0.15, 0.2) is 12.2 Å². The van der Waals surface area contributed by atoms with Crippen molar-refractivity contribution >= 4 is 5.97 Å². The Balaban J connectivity index is 2.16. The van der Waals surface area contributed by atoms with Crippen LogP contribution in [0.25, 0.3) is 0 Å². The highest BCUT2D eigenvalue weighted by molar-refractivity contribution is 5.66. The molecular formula is C19H35NO3. The molecular weight excluding hydrogens is 290 g/mol. The van der Waals surface area contributed by atoms with Crippen LogP contribution >= 0.6 is 0 Å². The lowest BCUT2D eigenvalue weighted by Gasteiger charge is -2.22. The highest BCUT2D eigenvalue weighted by Crippen LogP contribution is 2.20. The van der Waals surface area contributed by atoms with Gasteiger partial charge in [0.1, 0.15) is 0 Å². The van der Waals surface area contributed by atoms with Gasteiger partial charge in [-0.25, -0.2) is 0 Å². The summed E-state index contributed by atoms with van der Waals surface area (Å²) in [4.78, 5) is 13.0. The van der Waals surface area contributed by atoms with E-state index in [4.69, 9.17) is 5.11 Å². The summed E-state index contributed by atoms with van der Waals surface area (Å²) >= 11 is 0. The fourth-order valence-electron chi connectivity index (χ4n) is 3.25. The predicted molar refractivity (Wildman–Crippen MR) is 94.6 cm³/mol. The number of aliphatic hydroxyl groups excluding tert-OH is 1. The Bertz CT molecular complexity index is 344. The molecule has 0 saturated carbocycles. The average Bonchev–Trinajstić information content (AvgIpc) is 2.96. The highest BCUT2D eigenvalue weighted by Gasteiger charge is 2.21. The van der Waals surface area contributed by atoms with Crippen molar-refractivity contribution in [1.29, 1.82) is 0 Å². The monoisotopic (exact) mass is 325 g/mol. The molecule has 23 heavy (non-hydrogen) atoms. The van der Waals surface area contributed by atoms with E-state index in [2.05, 4.69) is 17.9 Å². The predicted octanol–water partition coefficient (Wildman–Crippen LogP) is 3.98.